The van der Waals surface area contributed by atoms with E-state index in [0.717, 1.165) is 18.5 Å². The zero-order valence-corrected chi connectivity index (χ0v) is 14.1. The molecule has 2 N–H and O–H groups in total. The fourth-order valence-corrected chi connectivity index (χ4v) is 2.10. The molecule has 2 aromatic rings. The van der Waals surface area contributed by atoms with Crippen molar-refractivity contribution in [2.24, 2.45) is 0 Å². The van der Waals surface area contributed by atoms with Crippen LogP contribution in [0.1, 0.15) is 29.4 Å². The highest BCUT2D eigenvalue weighted by Gasteiger charge is 2.13. The smallest absolute Gasteiger partial charge is 0.274 e. The van der Waals surface area contributed by atoms with Gasteiger partial charge < -0.3 is 15.4 Å². The number of carbonyl (C=O) groups excluding carboxylic acids is 1. The summed E-state index contributed by atoms with van der Waals surface area (Å²) in [6.07, 6.45) is 2.32. The second-order valence-electron chi connectivity index (χ2n) is 4.97. The van der Waals surface area contributed by atoms with E-state index in [1.54, 1.807) is 18.2 Å². The molecular weight excluding hydrogens is 316 g/mol. The quantitative estimate of drug-likeness (QED) is 0.845. The van der Waals surface area contributed by atoms with Crippen LogP contribution < -0.4 is 15.4 Å². The summed E-state index contributed by atoms with van der Waals surface area (Å²) in [4.78, 5) is 20.5. The van der Waals surface area contributed by atoms with Crippen LogP contribution in [0.5, 0.6) is 5.75 Å². The number of carbonyl (C=O) groups is 1. The minimum absolute atomic E-state index is 0.272. The third kappa shape index (κ3) is 4.32. The van der Waals surface area contributed by atoms with E-state index < -0.39 is 0 Å². The summed E-state index contributed by atoms with van der Waals surface area (Å²) in [5.41, 5.74) is 1.66. The number of aryl methyl sites for hydroxylation is 1. The highest BCUT2D eigenvalue weighted by atomic mass is 35.5. The van der Waals surface area contributed by atoms with Crippen molar-refractivity contribution in [2.75, 3.05) is 24.3 Å². The molecule has 0 aliphatic heterocycles. The molecule has 0 saturated heterocycles. The summed E-state index contributed by atoms with van der Waals surface area (Å²) in [5, 5.41) is 6.48. The Kier molecular flexibility index (Phi) is 5.76. The van der Waals surface area contributed by atoms with Crippen LogP contribution in [-0.4, -0.2) is 29.5 Å². The summed E-state index contributed by atoms with van der Waals surface area (Å²) in [6, 6.07) is 5.04. The van der Waals surface area contributed by atoms with Crippen molar-refractivity contribution < 1.29 is 9.53 Å². The molecule has 23 heavy (non-hydrogen) atoms. The Morgan fingerprint density at radius 2 is 2.09 bits per heavy atom. The molecular formula is C16H19ClN4O2. The largest absolute Gasteiger partial charge is 0.495 e. The van der Waals surface area contributed by atoms with Gasteiger partial charge in [0, 0.05) is 23.7 Å². The van der Waals surface area contributed by atoms with Gasteiger partial charge in [0.2, 0.25) is 0 Å². The zero-order valence-electron chi connectivity index (χ0n) is 13.3. The van der Waals surface area contributed by atoms with Gasteiger partial charge in [0.1, 0.15) is 23.6 Å². The molecule has 2 rings (SSSR count). The predicted octanol–water partition coefficient (Wildman–Crippen LogP) is 3.52. The average molecular weight is 335 g/mol. The number of hydrogen-bond donors (Lipinski definition) is 2. The molecule has 1 heterocycles. The van der Waals surface area contributed by atoms with Crippen molar-refractivity contribution in [2.45, 2.75) is 20.3 Å². The topological polar surface area (TPSA) is 76.1 Å². The second kappa shape index (κ2) is 7.78. The lowest BCUT2D eigenvalue weighted by molar-refractivity contribution is 0.102. The third-order valence-corrected chi connectivity index (χ3v) is 3.59. The van der Waals surface area contributed by atoms with Gasteiger partial charge in [-0.25, -0.2) is 9.97 Å². The van der Waals surface area contributed by atoms with E-state index in [1.165, 1.54) is 13.4 Å². The number of halogens is 1. The fourth-order valence-electron chi connectivity index (χ4n) is 1.95. The number of benzene rings is 1. The van der Waals surface area contributed by atoms with Gasteiger partial charge in [0.15, 0.2) is 0 Å². The van der Waals surface area contributed by atoms with Crippen molar-refractivity contribution in [1.29, 1.82) is 0 Å². The normalized spacial score (nSPS) is 10.3. The number of rotatable bonds is 6. The van der Waals surface area contributed by atoms with Crippen LogP contribution in [0, 0.1) is 6.92 Å². The number of aromatic nitrogens is 2. The number of hydrogen-bond acceptors (Lipinski definition) is 5. The van der Waals surface area contributed by atoms with Gasteiger partial charge in [0.05, 0.1) is 12.8 Å². The van der Waals surface area contributed by atoms with Crippen LogP contribution in [-0.2, 0) is 0 Å². The van der Waals surface area contributed by atoms with Crippen LogP contribution in [0.25, 0.3) is 0 Å². The molecule has 6 nitrogen and oxygen atoms in total. The van der Waals surface area contributed by atoms with Crippen LogP contribution in [0.15, 0.2) is 24.5 Å². The highest BCUT2D eigenvalue weighted by Crippen LogP contribution is 2.31. The van der Waals surface area contributed by atoms with E-state index in [2.05, 4.69) is 27.5 Å². The number of nitrogens with zero attached hydrogens (tertiary/aromatic N) is 2. The molecule has 0 fully saturated rings. The molecule has 1 aromatic heterocycles. The number of anilines is 2. The van der Waals surface area contributed by atoms with Gasteiger partial charge in [-0.1, -0.05) is 18.5 Å². The first-order chi connectivity index (χ1) is 11.0. The first-order valence-electron chi connectivity index (χ1n) is 7.26. The van der Waals surface area contributed by atoms with Gasteiger partial charge in [-0.15, -0.1) is 0 Å². The Balaban J connectivity index is 2.20. The van der Waals surface area contributed by atoms with Crippen molar-refractivity contribution in [3.05, 3.63) is 40.8 Å². The third-order valence-electron chi connectivity index (χ3n) is 3.18. The Morgan fingerprint density at radius 3 is 2.78 bits per heavy atom. The Hall–Kier alpha value is -2.34. The standard InChI is InChI=1S/C16H19ClN4O2/c1-4-5-18-15-8-13(19-9-20-15)16(22)21-12-6-10(2)11(17)7-14(12)23-3/h6-9H,4-5H2,1-3H3,(H,21,22)(H,18,19,20). The molecule has 0 atom stereocenters. The second-order valence-corrected chi connectivity index (χ2v) is 5.38. The van der Waals surface area contributed by atoms with Crippen molar-refractivity contribution >= 4 is 29.0 Å². The van der Waals surface area contributed by atoms with E-state index >= 15 is 0 Å². The van der Waals surface area contributed by atoms with Crippen LogP contribution >= 0.6 is 11.6 Å². The highest BCUT2D eigenvalue weighted by molar-refractivity contribution is 6.31. The number of amides is 1. The number of nitrogens with one attached hydrogen (secondary N) is 2. The monoisotopic (exact) mass is 334 g/mol. The molecule has 0 radical (unpaired) electrons. The van der Waals surface area contributed by atoms with Gasteiger partial charge in [-0.05, 0) is 25.0 Å². The summed E-state index contributed by atoms with van der Waals surface area (Å²) < 4.78 is 5.25. The lowest BCUT2D eigenvalue weighted by atomic mass is 10.2. The van der Waals surface area contributed by atoms with Crippen molar-refractivity contribution in [3.8, 4) is 5.75 Å². The molecule has 1 amide bonds. The average Bonchev–Trinajstić information content (AvgIpc) is 2.56. The Labute approximate surface area is 140 Å². The SMILES string of the molecule is CCCNc1cc(C(=O)Nc2cc(C)c(Cl)cc2OC)ncn1. The minimum Gasteiger partial charge on any atom is -0.495 e. The summed E-state index contributed by atoms with van der Waals surface area (Å²) in [7, 11) is 1.52. The first kappa shape index (κ1) is 17.0. The molecule has 122 valence electrons. The predicted molar refractivity (Wildman–Crippen MR) is 91.5 cm³/mol. The van der Waals surface area contributed by atoms with Gasteiger partial charge in [-0.2, -0.15) is 0 Å². The molecule has 7 heteroatoms. The minimum atomic E-state index is -0.341. The maximum absolute atomic E-state index is 12.4. The van der Waals surface area contributed by atoms with Crippen molar-refractivity contribution in [3.63, 3.8) is 0 Å². The van der Waals surface area contributed by atoms with Gasteiger partial charge in [-0.3, -0.25) is 4.79 Å². The Morgan fingerprint density at radius 1 is 1.30 bits per heavy atom. The van der Waals surface area contributed by atoms with E-state index in [0.29, 0.717) is 22.3 Å². The van der Waals surface area contributed by atoms with Gasteiger partial charge >= 0.3 is 0 Å². The van der Waals surface area contributed by atoms with Crippen LogP contribution in [0.4, 0.5) is 11.5 Å². The first-order valence-corrected chi connectivity index (χ1v) is 7.64. The van der Waals surface area contributed by atoms with Gasteiger partial charge in [0.25, 0.3) is 5.91 Å². The molecule has 0 bridgehead atoms. The summed E-state index contributed by atoms with van der Waals surface area (Å²) in [6.45, 7) is 4.69. The summed E-state index contributed by atoms with van der Waals surface area (Å²) in [5.74, 6) is 0.769. The molecule has 0 aliphatic rings. The van der Waals surface area contributed by atoms with Crippen LogP contribution in [0.3, 0.4) is 0 Å². The molecule has 0 unspecified atom stereocenters. The maximum atomic E-state index is 12.4. The molecule has 0 saturated carbocycles. The van der Waals surface area contributed by atoms with E-state index in [4.69, 9.17) is 16.3 Å². The Bertz CT molecular complexity index is 706. The summed E-state index contributed by atoms with van der Waals surface area (Å²) >= 11 is 6.07. The number of methoxy groups -OCH3 is 1. The lowest BCUT2D eigenvalue weighted by Crippen LogP contribution is -2.15. The van der Waals surface area contributed by atoms with E-state index in [1.807, 2.05) is 6.92 Å². The molecule has 1 aromatic carbocycles. The van der Waals surface area contributed by atoms with Crippen LogP contribution in [0.2, 0.25) is 5.02 Å². The van der Waals surface area contributed by atoms with E-state index in [9.17, 15) is 4.79 Å². The zero-order chi connectivity index (χ0) is 16.8. The number of ether oxygens (including phenoxy) is 1. The maximum Gasteiger partial charge on any atom is 0.274 e. The fraction of sp³-hybridized carbons (Fsp3) is 0.312. The van der Waals surface area contributed by atoms with E-state index in [-0.39, 0.29) is 11.6 Å². The lowest BCUT2D eigenvalue weighted by Gasteiger charge is -2.12. The van der Waals surface area contributed by atoms with Crippen molar-refractivity contribution in [1.82, 2.24) is 9.97 Å². The molecule has 0 spiro atoms. The molecule has 0 aliphatic carbocycles.